The van der Waals surface area contributed by atoms with Gasteiger partial charge in [0, 0.05) is 17.6 Å². The van der Waals surface area contributed by atoms with E-state index in [2.05, 4.69) is 15.9 Å². The van der Waals surface area contributed by atoms with Crippen molar-refractivity contribution in [1.29, 1.82) is 0 Å². The number of nitrogens with zero attached hydrogens (tertiary/aromatic N) is 1. The lowest BCUT2D eigenvalue weighted by atomic mass is 10.3. The average Bonchev–Trinajstić information content (AvgIpc) is 2.37. The molecule has 0 bridgehead atoms. The van der Waals surface area contributed by atoms with Crippen LogP contribution in [0.25, 0.3) is 0 Å². The summed E-state index contributed by atoms with van der Waals surface area (Å²) in [5.41, 5.74) is 0. The number of ether oxygens (including phenoxy) is 1. The summed E-state index contributed by atoms with van der Waals surface area (Å²) in [5, 5.41) is 5.12. The van der Waals surface area contributed by atoms with E-state index in [1.807, 2.05) is 13.8 Å². The molecule has 0 aliphatic carbocycles. The highest BCUT2D eigenvalue weighted by Gasteiger charge is 2.17. The molecule has 0 fully saturated rings. The van der Waals surface area contributed by atoms with E-state index in [1.165, 1.54) is 12.1 Å². The van der Waals surface area contributed by atoms with E-state index >= 15 is 0 Å². The van der Waals surface area contributed by atoms with Gasteiger partial charge in [0.2, 0.25) is 10.0 Å². The highest BCUT2D eigenvalue weighted by molar-refractivity contribution is 9.10. The van der Waals surface area contributed by atoms with Gasteiger partial charge in [-0.1, -0.05) is 15.9 Å². The van der Waals surface area contributed by atoms with Crippen LogP contribution in [0, 0.1) is 0 Å². The summed E-state index contributed by atoms with van der Waals surface area (Å²) in [6.07, 6.45) is 0. The first-order valence-electron chi connectivity index (χ1n) is 6.02. The molecule has 1 rings (SSSR count). The zero-order valence-corrected chi connectivity index (χ0v) is 13.7. The molecule has 6 nitrogen and oxygen atoms in total. The maximum atomic E-state index is 11.8. The lowest BCUT2D eigenvalue weighted by Crippen LogP contribution is -2.34. The second kappa shape index (κ2) is 7.05. The number of carbonyl (C=O) groups excluding carboxylic acids is 1. The van der Waals surface area contributed by atoms with Crippen molar-refractivity contribution >= 4 is 31.9 Å². The summed E-state index contributed by atoms with van der Waals surface area (Å²) in [5.74, 6) is -0.144. The summed E-state index contributed by atoms with van der Waals surface area (Å²) in [7, 11) is -3.92. The first-order chi connectivity index (χ1) is 9.29. The molecule has 1 amide bonds. The largest absolute Gasteiger partial charge is 0.482 e. The lowest BCUT2D eigenvalue weighted by molar-refractivity contribution is -0.133. The van der Waals surface area contributed by atoms with Crippen LogP contribution in [0.5, 0.6) is 5.75 Å². The fourth-order valence-electron chi connectivity index (χ4n) is 1.63. The molecule has 0 aliphatic rings. The van der Waals surface area contributed by atoms with Crippen LogP contribution >= 0.6 is 15.9 Å². The second-order valence-electron chi connectivity index (χ2n) is 3.99. The molecule has 2 N–H and O–H groups in total. The van der Waals surface area contributed by atoms with Crippen LogP contribution in [0.1, 0.15) is 13.8 Å². The van der Waals surface area contributed by atoms with Gasteiger partial charge >= 0.3 is 0 Å². The smallest absolute Gasteiger partial charge is 0.260 e. The Labute approximate surface area is 127 Å². The van der Waals surface area contributed by atoms with Crippen LogP contribution in [0.4, 0.5) is 0 Å². The topological polar surface area (TPSA) is 89.7 Å². The molecular weight excluding hydrogens is 348 g/mol. The van der Waals surface area contributed by atoms with Crippen molar-refractivity contribution in [2.45, 2.75) is 18.7 Å². The van der Waals surface area contributed by atoms with Crippen molar-refractivity contribution < 1.29 is 17.9 Å². The Morgan fingerprint density at radius 2 is 1.95 bits per heavy atom. The number of benzene rings is 1. The number of nitrogens with two attached hydrogens (primary N) is 1. The lowest BCUT2D eigenvalue weighted by Gasteiger charge is -2.19. The summed E-state index contributed by atoms with van der Waals surface area (Å²) in [4.78, 5) is 13.3. The number of hydrogen-bond acceptors (Lipinski definition) is 4. The standard InChI is InChI=1S/C12H17BrN2O4S/c1-3-15(4-2)12(16)8-19-10-6-5-9(13)7-11(10)20(14,17)18/h5-7H,3-4,8H2,1-2H3,(H2,14,17,18). The van der Waals surface area contributed by atoms with Crippen molar-refractivity contribution in [3.63, 3.8) is 0 Å². The van der Waals surface area contributed by atoms with Crippen molar-refractivity contribution in [2.75, 3.05) is 19.7 Å². The predicted octanol–water partition coefficient (Wildman–Crippen LogP) is 1.34. The van der Waals surface area contributed by atoms with E-state index in [0.717, 1.165) is 0 Å². The fraction of sp³-hybridized carbons (Fsp3) is 0.417. The van der Waals surface area contributed by atoms with Gasteiger partial charge in [-0.05, 0) is 32.0 Å². The Balaban J connectivity index is 2.91. The zero-order chi connectivity index (χ0) is 15.3. The molecule has 0 radical (unpaired) electrons. The molecule has 0 saturated heterocycles. The van der Waals surface area contributed by atoms with Crippen LogP contribution in [0.15, 0.2) is 27.6 Å². The number of amides is 1. The minimum atomic E-state index is -3.92. The summed E-state index contributed by atoms with van der Waals surface area (Å²) < 4.78 is 28.8. The van der Waals surface area contributed by atoms with Gasteiger partial charge in [0.05, 0.1) is 0 Å². The van der Waals surface area contributed by atoms with E-state index < -0.39 is 10.0 Å². The monoisotopic (exact) mass is 364 g/mol. The number of sulfonamides is 1. The van der Waals surface area contributed by atoms with E-state index in [0.29, 0.717) is 17.6 Å². The normalized spacial score (nSPS) is 11.2. The minimum absolute atomic E-state index is 0.0659. The second-order valence-corrected chi connectivity index (χ2v) is 6.44. The Hall–Kier alpha value is -1.12. The van der Waals surface area contributed by atoms with Crippen LogP contribution < -0.4 is 9.88 Å². The number of carbonyl (C=O) groups is 1. The van der Waals surface area contributed by atoms with E-state index in [1.54, 1.807) is 11.0 Å². The zero-order valence-electron chi connectivity index (χ0n) is 11.3. The van der Waals surface area contributed by atoms with Crippen LogP contribution in [-0.4, -0.2) is 38.9 Å². The number of likely N-dealkylation sites (N-methyl/N-ethyl adjacent to an activating group) is 1. The first-order valence-corrected chi connectivity index (χ1v) is 8.36. The summed E-state index contributed by atoms with van der Waals surface area (Å²) >= 11 is 3.16. The van der Waals surface area contributed by atoms with E-state index in [4.69, 9.17) is 9.88 Å². The highest BCUT2D eigenvalue weighted by Crippen LogP contribution is 2.26. The van der Waals surface area contributed by atoms with Gasteiger partial charge in [-0.3, -0.25) is 4.79 Å². The van der Waals surface area contributed by atoms with Gasteiger partial charge in [-0.15, -0.1) is 0 Å². The SMILES string of the molecule is CCN(CC)C(=O)COc1ccc(Br)cc1S(N)(=O)=O. The molecule has 0 heterocycles. The molecule has 1 aromatic rings. The number of rotatable bonds is 6. The molecule has 20 heavy (non-hydrogen) atoms. The van der Waals surface area contributed by atoms with Crippen molar-refractivity contribution in [1.82, 2.24) is 4.90 Å². The molecule has 0 aliphatic heterocycles. The number of primary sulfonamides is 1. The van der Waals surface area contributed by atoms with Gasteiger partial charge < -0.3 is 9.64 Å². The molecule has 112 valence electrons. The molecule has 0 atom stereocenters. The molecule has 0 unspecified atom stereocenters. The first kappa shape index (κ1) is 16.9. The van der Waals surface area contributed by atoms with E-state index in [9.17, 15) is 13.2 Å². The fourth-order valence-corrected chi connectivity index (χ4v) is 2.84. The van der Waals surface area contributed by atoms with Gasteiger partial charge in [-0.25, -0.2) is 13.6 Å². The molecule has 1 aromatic carbocycles. The summed E-state index contributed by atoms with van der Waals surface area (Å²) in [6.45, 7) is 4.63. The summed E-state index contributed by atoms with van der Waals surface area (Å²) in [6, 6.07) is 4.41. The molecule has 0 saturated carbocycles. The number of hydrogen-bond donors (Lipinski definition) is 1. The number of halogens is 1. The van der Waals surface area contributed by atoms with Crippen LogP contribution in [0.2, 0.25) is 0 Å². The maximum absolute atomic E-state index is 11.8. The Bertz CT molecular complexity index is 585. The third-order valence-corrected chi connectivity index (χ3v) is 4.10. The van der Waals surface area contributed by atoms with Crippen molar-refractivity contribution in [2.24, 2.45) is 5.14 Å². The highest BCUT2D eigenvalue weighted by atomic mass is 79.9. The van der Waals surface area contributed by atoms with Crippen LogP contribution in [-0.2, 0) is 14.8 Å². The van der Waals surface area contributed by atoms with Crippen molar-refractivity contribution in [3.8, 4) is 5.75 Å². The Morgan fingerprint density at radius 1 is 1.35 bits per heavy atom. The van der Waals surface area contributed by atoms with Gasteiger partial charge in [0.25, 0.3) is 5.91 Å². The third kappa shape index (κ3) is 4.46. The molecular formula is C12H17BrN2O4S. The van der Waals surface area contributed by atoms with Crippen molar-refractivity contribution in [3.05, 3.63) is 22.7 Å². The predicted molar refractivity (Wildman–Crippen MR) is 78.9 cm³/mol. The average molecular weight is 365 g/mol. The van der Waals surface area contributed by atoms with Gasteiger partial charge in [0.1, 0.15) is 10.6 Å². The maximum Gasteiger partial charge on any atom is 0.260 e. The van der Waals surface area contributed by atoms with E-state index in [-0.39, 0.29) is 23.2 Å². The van der Waals surface area contributed by atoms with Gasteiger partial charge in [0.15, 0.2) is 6.61 Å². The molecule has 0 spiro atoms. The minimum Gasteiger partial charge on any atom is -0.482 e. The Kier molecular flexibility index (Phi) is 5.97. The third-order valence-electron chi connectivity index (χ3n) is 2.68. The van der Waals surface area contributed by atoms with Gasteiger partial charge in [-0.2, -0.15) is 0 Å². The van der Waals surface area contributed by atoms with Crippen LogP contribution in [0.3, 0.4) is 0 Å². The Morgan fingerprint density at radius 3 is 2.45 bits per heavy atom. The molecule has 8 heteroatoms. The quantitative estimate of drug-likeness (QED) is 0.824. The molecule has 0 aromatic heterocycles.